The van der Waals surface area contributed by atoms with E-state index in [-0.39, 0.29) is 29.5 Å². The first-order chi connectivity index (χ1) is 12.2. The molecular formula is C17H18N2O6S. The number of nitrogens with one attached hydrogen (secondary N) is 1. The summed E-state index contributed by atoms with van der Waals surface area (Å²) >= 11 is 0. The van der Waals surface area contributed by atoms with Crippen LogP contribution in [0.15, 0.2) is 49.1 Å². The zero-order valence-corrected chi connectivity index (χ0v) is 14.8. The summed E-state index contributed by atoms with van der Waals surface area (Å²) in [6, 6.07) is 8.62. The molecule has 26 heavy (non-hydrogen) atoms. The van der Waals surface area contributed by atoms with E-state index in [4.69, 9.17) is 4.74 Å². The van der Waals surface area contributed by atoms with Gasteiger partial charge in [0.15, 0.2) is 5.75 Å². The predicted octanol–water partition coefficient (Wildman–Crippen LogP) is 2.98. The van der Waals surface area contributed by atoms with E-state index < -0.39 is 14.9 Å². The minimum Gasteiger partial charge on any atom is -0.455 e. The minimum atomic E-state index is -3.62. The molecule has 8 nitrogen and oxygen atoms in total. The lowest BCUT2D eigenvalue weighted by molar-refractivity contribution is -0.384. The molecule has 0 unspecified atom stereocenters. The summed E-state index contributed by atoms with van der Waals surface area (Å²) in [4.78, 5) is 10.4. The van der Waals surface area contributed by atoms with E-state index in [1.165, 1.54) is 12.1 Å². The molecule has 0 aromatic heterocycles. The Morgan fingerprint density at radius 3 is 2.58 bits per heavy atom. The molecule has 0 spiro atoms. The maximum atomic E-state index is 11.5. The molecular weight excluding hydrogens is 360 g/mol. The van der Waals surface area contributed by atoms with Crippen molar-refractivity contribution in [2.24, 2.45) is 0 Å². The molecule has 0 fully saturated rings. The highest BCUT2D eigenvalue weighted by Gasteiger charge is 2.16. The Bertz CT molecular complexity index is 940. The molecule has 0 saturated heterocycles. The van der Waals surface area contributed by atoms with Crippen molar-refractivity contribution in [1.82, 2.24) is 0 Å². The summed E-state index contributed by atoms with van der Waals surface area (Å²) in [6.07, 6.45) is 3.28. The lowest BCUT2D eigenvalue weighted by atomic mass is 10.1. The van der Waals surface area contributed by atoms with Gasteiger partial charge >= 0.3 is 0 Å². The summed E-state index contributed by atoms with van der Waals surface area (Å²) < 4.78 is 31.0. The largest absolute Gasteiger partial charge is 0.455 e. The average molecular weight is 378 g/mol. The molecule has 2 aromatic rings. The summed E-state index contributed by atoms with van der Waals surface area (Å²) in [6.45, 7) is 3.34. The van der Waals surface area contributed by atoms with Gasteiger partial charge in [-0.1, -0.05) is 12.1 Å². The van der Waals surface area contributed by atoms with Gasteiger partial charge in [0, 0.05) is 11.6 Å². The van der Waals surface area contributed by atoms with Crippen LogP contribution in [0.4, 0.5) is 11.4 Å². The molecule has 138 valence electrons. The molecule has 2 aromatic carbocycles. The normalized spacial score (nSPS) is 11.0. The van der Waals surface area contributed by atoms with Crippen LogP contribution in [0.1, 0.15) is 11.1 Å². The fourth-order valence-corrected chi connectivity index (χ4v) is 2.83. The van der Waals surface area contributed by atoms with E-state index in [2.05, 4.69) is 11.3 Å². The number of aliphatic hydroxyl groups is 1. The fraction of sp³-hybridized carbons (Fsp3) is 0.176. The molecule has 2 rings (SSSR count). The monoisotopic (exact) mass is 378 g/mol. The van der Waals surface area contributed by atoms with Crippen molar-refractivity contribution in [3.63, 3.8) is 0 Å². The Hall–Kier alpha value is -2.91. The number of allylic oxidation sites excluding steroid dienone is 1. The van der Waals surface area contributed by atoms with Crippen LogP contribution >= 0.6 is 0 Å². The number of benzene rings is 2. The number of hydrogen-bond acceptors (Lipinski definition) is 6. The highest BCUT2D eigenvalue weighted by molar-refractivity contribution is 7.92. The molecule has 0 saturated carbocycles. The Balaban J connectivity index is 2.47. The first-order valence-electron chi connectivity index (χ1n) is 7.51. The van der Waals surface area contributed by atoms with Crippen molar-refractivity contribution >= 4 is 21.4 Å². The van der Waals surface area contributed by atoms with E-state index in [0.717, 1.165) is 17.9 Å². The van der Waals surface area contributed by atoms with Gasteiger partial charge in [0.25, 0.3) is 5.69 Å². The Labute approximate surface area is 150 Å². The van der Waals surface area contributed by atoms with Gasteiger partial charge in [0.1, 0.15) is 5.75 Å². The Morgan fingerprint density at radius 2 is 2.00 bits per heavy atom. The standard InChI is InChI=1S/C17H18N2O6S/c1-3-4-12-5-8-16(13(9-12)11-20)25-17-10-14(19(21)22)6-7-15(17)18-26(2,23)24/h3,5-10,18,20H,1,4,11H2,2H3. The van der Waals surface area contributed by atoms with Crippen LogP contribution in [0.3, 0.4) is 0 Å². The number of nitrogens with zero attached hydrogens (tertiary/aromatic N) is 1. The fourth-order valence-electron chi connectivity index (χ4n) is 2.26. The average Bonchev–Trinajstić information content (AvgIpc) is 2.56. The van der Waals surface area contributed by atoms with Gasteiger partial charge in [-0.05, 0) is 30.2 Å². The van der Waals surface area contributed by atoms with E-state index in [1.807, 2.05) is 0 Å². The van der Waals surface area contributed by atoms with Crippen molar-refractivity contribution < 1.29 is 23.2 Å². The molecule has 0 aliphatic rings. The van der Waals surface area contributed by atoms with Crippen molar-refractivity contribution in [3.8, 4) is 11.5 Å². The smallest absolute Gasteiger partial charge is 0.273 e. The summed E-state index contributed by atoms with van der Waals surface area (Å²) in [5, 5.41) is 20.6. The maximum absolute atomic E-state index is 11.5. The third-order valence-corrected chi connectivity index (χ3v) is 3.96. The highest BCUT2D eigenvalue weighted by Crippen LogP contribution is 2.35. The first kappa shape index (κ1) is 19.4. The molecule has 0 aliphatic heterocycles. The number of hydrogen-bond donors (Lipinski definition) is 2. The highest BCUT2D eigenvalue weighted by atomic mass is 32.2. The lowest BCUT2D eigenvalue weighted by Crippen LogP contribution is -2.10. The Kier molecular flexibility index (Phi) is 5.96. The molecule has 0 atom stereocenters. The van der Waals surface area contributed by atoms with E-state index in [1.54, 1.807) is 24.3 Å². The summed E-state index contributed by atoms with van der Waals surface area (Å²) in [5.74, 6) is 0.216. The van der Waals surface area contributed by atoms with Gasteiger partial charge in [-0.3, -0.25) is 14.8 Å². The van der Waals surface area contributed by atoms with Crippen LogP contribution < -0.4 is 9.46 Å². The number of anilines is 1. The number of nitro benzene ring substituents is 1. The second-order valence-corrected chi connectivity index (χ2v) is 7.26. The van der Waals surface area contributed by atoms with Gasteiger partial charge in [-0.15, -0.1) is 6.58 Å². The Morgan fingerprint density at radius 1 is 1.27 bits per heavy atom. The summed E-state index contributed by atoms with van der Waals surface area (Å²) in [7, 11) is -3.62. The van der Waals surface area contributed by atoms with Gasteiger partial charge in [-0.25, -0.2) is 8.42 Å². The lowest BCUT2D eigenvalue weighted by Gasteiger charge is -2.14. The zero-order chi connectivity index (χ0) is 19.3. The van der Waals surface area contributed by atoms with Crippen LogP contribution in [0.2, 0.25) is 0 Å². The van der Waals surface area contributed by atoms with Gasteiger partial charge in [0.05, 0.1) is 29.5 Å². The number of sulfonamides is 1. The van der Waals surface area contributed by atoms with Crippen LogP contribution in [0.25, 0.3) is 0 Å². The van der Waals surface area contributed by atoms with E-state index >= 15 is 0 Å². The van der Waals surface area contributed by atoms with Crippen molar-refractivity contribution in [2.75, 3.05) is 11.0 Å². The number of non-ortho nitro benzene ring substituents is 1. The second kappa shape index (κ2) is 7.98. The van der Waals surface area contributed by atoms with Gasteiger partial charge in [0.2, 0.25) is 10.0 Å². The molecule has 9 heteroatoms. The van der Waals surface area contributed by atoms with E-state index in [0.29, 0.717) is 12.0 Å². The minimum absolute atomic E-state index is 0.0456. The molecule has 0 aliphatic carbocycles. The molecule has 0 heterocycles. The van der Waals surface area contributed by atoms with E-state index in [9.17, 15) is 23.6 Å². The predicted molar refractivity (Wildman–Crippen MR) is 97.9 cm³/mol. The zero-order valence-electron chi connectivity index (χ0n) is 14.0. The number of rotatable bonds is 8. The van der Waals surface area contributed by atoms with Crippen molar-refractivity contribution in [1.29, 1.82) is 0 Å². The molecule has 0 bridgehead atoms. The third-order valence-electron chi connectivity index (χ3n) is 3.37. The maximum Gasteiger partial charge on any atom is 0.273 e. The van der Waals surface area contributed by atoms with Crippen molar-refractivity contribution in [2.45, 2.75) is 13.0 Å². The SMILES string of the molecule is C=CCc1ccc(Oc2cc([N+](=O)[O-])ccc2NS(C)(=O)=O)c(CO)c1. The topological polar surface area (TPSA) is 119 Å². The van der Waals surface area contributed by atoms with Crippen LogP contribution in [-0.2, 0) is 23.1 Å². The van der Waals surface area contributed by atoms with Gasteiger partial charge in [-0.2, -0.15) is 0 Å². The second-order valence-electron chi connectivity index (χ2n) is 5.51. The third kappa shape index (κ3) is 5.04. The summed E-state index contributed by atoms with van der Waals surface area (Å²) in [5.41, 5.74) is 1.16. The number of aliphatic hydroxyl groups excluding tert-OH is 1. The molecule has 0 radical (unpaired) electrons. The van der Waals surface area contributed by atoms with Crippen LogP contribution in [0.5, 0.6) is 11.5 Å². The number of nitro groups is 1. The number of ether oxygens (including phenoxy) is 1. The van der Waals surface area contributed by atoms with Crippen LogP contribution in [0, 0.1) is 10.1 Å². The molecule has 0 amide bonds. The molecule has 2 N–H and O–H groups in total. The van der Waals surface area contributed by atoms with Crippen molar-refractivity contribution in [3.05, 3.63) is 70.3 Å². The first-order valence-corrected chi connectivity index (χ1v) is 9.40. The van der Waals surface area contributed by atoms with Gasteiger partial charge < -0.3 is 9.84 Å². The quantitative estimate of drug-likeness (QED) is 0.414. The van der Waals surface area contributed by atoms with Crippen LogP contribution in [-0.4, -0.2) is 24.7 Å².